The van der Waals surface area contributed by atoms with Gasteiger partial charge in [-0.25, -0.2) is 4.79 Å². The fourth-order valence-corrected chi connectivity index (χ4v) is 0.701. The second-order valence-corrected chi connectivity index (χ2v) is 3.72. The Balaban J connectivity index is 3.68. The summed E-state index contributed by atoms with van der Waals surface area (Å²) in [6.45, 7) is 6.15. The van der Waals surface area contributed by atoms with E-state index in [2.05, 4.69) is 0 Å². The monoisotopic (exact) mass is 186 g/mol. The van der Waals surface area contributed by atoms with E-state index < -0.39 is 5.60 Å². The van der Waals surface area contributed by atoms with E-state index in [-0.39, 0.29) is 5.97 Å². The summed E-state index contributed by atoms with van der Waals surface area (Å²) in [6, 6.07) is 0. The first-order valence-electron chi connectivity index (χ1n) is 4.34. The molecular formula is C10H18O3. The molecule has 0 aromatic heterocycles. The number of esters is 1. The highest BCUT2D eigenvalue weighted by Crippen LogP contribution is 2.07. The van der Waals surface area contributed by atoms with E-state index in [1.54, 1.807) is 13.2 Å². The van der Waals surface area contributed by atoms with Gasteiger partial charge in [-0.2, -0.15) is 0 Å². The van der Waals surface area contributed by atoms with Gasteiger partial charge >= 0.3 is 5.97 Å². The van der Waals surface area contributed by atoms with Gasteiger partial charge in [0.1, 0.15) is 5.60 Å². The quantitative estimate of drug-likeness (QED) is 0.382. The Hall–Kier alpha value is -0.830. The van der Waals surface area contributed by atoms with E-state index in [0.717, 1.165) is 6.42 Å². The van der Waals surface area contributed by atoms with Crippen molar-refractivity contribution in [2.24, 2.45) is 0 Å². The summed E-state index contributed by atoms with van der Waals surface area (Å²) >= 11 is 0. The largest absolute Gasteiger partial charge is 0.457 e. The summed E-state index contributed by atoms with van der Waals surface area (Å²) < 4.78 is 9.87. The van der Waals surface area contributed by atoms with Gasteiger partial charge in [-0.05, 0) is 27.2 Å². The van der Waals surface area contributed by atoms with Crippen LogP contribution in [0, 0.1) is 0 Å². The normalized spacial score (nSPS) is 12.0. The molecule has 0 rings (SSSR count). The van der Waals surface area contributed by atoms with Crippen LogP contribution in [0.25, 0.3) is 0 Å². The van der Waals surface area contributed by atoms with Crippen molar-refractivity contribution in [1.82, 2.24) is 0 Å². The third kappa shape index (κ3) is 9.08. The Morgan fingerprint density at radius 3 is 2.46 bits per heavy atom. The fraction of sp³-hybridized carbons (Fsp3) is 0.700. The first-order valence-corrected chi connectivity index (χ1v) is 4.34. The van der Waals surface area contributed by atoms with Crippen LogP contribution >= 0.6 is 0 Å². The van der Waals surface area contributed by atoms with Crippen molar-refractivity contribution in [2.75, 3.05) is 13.7 Å². The molecule has 0 atom stereocenters. The summed E-state index contributed by atoms with van der Waals surface area (Å²) in [4.78, 5) is 11.1. The molecule has 0 spiro atoms. The lowest BCUT2D eigenvalue weighted by atomic mass is 10.2. The lowest BCUT2D eigenvalue weighted by molar-refractivity contribution is -0.148. The molecule has 0 saturated carbocycles. The molecule has 3 heteroatoms. The smallest absolute Gasteiger partial charge is 0.330 e. The minimum Gasteiger partial charge on any atom is -0.457 e. The van der Waals surface area contributed by atoms with E-state index in [9.17, 15) is 4.79 Å². The van der Waals surface area contributed by atoms with Gasteiger partial charge < -0.3 is 9.47 Å². The Labute approximate surface area is 79.7 Å². The highest BCUT2D eigenvalue weighted by Gasteiger charge is 2.13. The standard InChI is InChI=1S/C10H18O3/c1-10(2,3)13-9(11)7-5-6-8-12-4/h5,7H,6,8H2,1-4H3. The number of hydrogen-bond donors (Lipinski definition) is 0. The molecular weight excluding hydrogens is 168 g/mol. The van der Waals surface area contributed by atoms with Crippen LogP contribution in [0.15, 0.2) is 12.2 Å². The van der Waals surface area contributed by atoms with Gasteiger partial charge in [-0.1, -0.05) is 6.08 Å². The van der Waals surface area contributed by atoms with Gasteiger partial charge in [0, 0.05) is 19.8 Å². The number of hydrogen-bond acceptors (Lipinski definition) is 3. The van der Waals surface area contributed by atoms with E-state index in [1.165, 1.54) is 6.08 Å². The van der Waals surface area contributed by atoms with Crippen LogP contribution in [0.3, 0.4) is 0 Å². The van der Waals surface area contributed by atoms with Gasteiger partial charge in [-0.15, -0.1) is 0 Å². The second kappa shape index (κ2) is 5.75. The minimum absolute atomic E-state index is 0.302. The lowest BCUT2D eigenvalue weighted by Gasteiger charge is -2.17. The van der Waals surface area contributed by atoms with E-state index in [0.29, 0.717) is 6.61 Å². The molecule has 0 heterocycles. The van der Waals surface area contributed by atoms with Crippen molar-refractivity contribution in [3.63, 3.8) is 0 Å². The molecule has 0 aliphatic heterocycles. The van der Waals surface area contributed by atoms with E-state index >= 15 is 0 Å². The average Bonchev–Trinajstić information content (AvgIpc) is 1.94. The highest BCUT2D eigenvalue weighted by molar-refractivity contribution is 5.82. The average molecular weight is 186 g/mol. The zero-order valence-corrected chi connectivity index (χ0v) is 8.79. The van der Waals surface area contributed by atoms with Gasteiger partial charge in [0.2, 0.25) is 0 Å². The van der Waals surface area contributed by atoms with E-state index in [4.69, 9.17) is 9.47 Å². The summed E-state index contributed by atoms with van der Waals surface area (Å²) in [5, 5.41) is 0. The molecule has 0 amide bonds. The zero-order valence-electron chi connectivity index (χ0n) is 8.79. The van der Waals surface area contributed by atoms with Crippen LogP contribution in [0.2, 0.25) is 0 Å². The number of ether oxygens (including phenoxy) is 2. The van der Waals surface area contributed by atoms with Crippen molar-refractivity contribution in [1.29, 1.82) is 0 Å². The SMILES string of the molecule is COCCC=CC(=O)OC(C)(C)C. The number of carbonyl (C=O) groups is 1. The van der Waals surface area contributed by atoms with E-state index in [1.807, 2.05) is 20.8 Å². The van der Waals surface area contributed by atoms with Crippen molar-refractivity contribution in [3.05, 3.63) is 12.2 Å². The summed E-state index contributed by atoms with van der Waals surface area (Å²) in [6.07, 6.45) is 3.91. The van der Waals surface area contributed by atoms with Crippen molar-refractivity contribution < 1.29 is 14.3 Å². The summed E-state index contributed by atoms with van der Waals surface area (Å²) in [5.41, 5.74) is -0.414. The first kappa shape index (κ1) is 12.2. The topological polar surface area (TPSA) is 35.5 Å². The maximum absolute atomic E-state index is 11.1. The molecule has 13 heavy (non-hydrogen) atoms. The van der Waals surface area contributed by atoms with Gasteiger partial charge in [0.05, 0.1) is 0 Å². The molecule has 0 aromatic rings. The van der Waals surface area contributed by atoms with Crippen molar-refractivity contribution in [2.45, 2.75) is 32.8 Å². The number of rotatable bonds is 4. The molecule has 3 nitrogen and oxygen atoms in total. The summed E-state index contributed by atoms with van der Waals surface area (Å²) in [5.74, 6) is -0.302. The van der Waals surface area contributed by atoms with Crippen LogP contribution in [0.1, 0.15) is 27.2 Å². The fourth-order valence-electron chi connectivity index (χ4n) is 0.701. The zero-order chi connectivity index (χ0) is 10.3. The molecule has 0 aliphatic carbocycles. The maximum atomic E-state index is 11.1. The molecule has 0 unspecified atom stereocenters. The number of carbonyl (C=O) groups excluding carboxylic acids is 1. The molecule has 0 bridgehead atoms. The third-order valence-corrected chi connectivity index (χ3v) is 1.15. The van der Waals surface area contributed by atoms with Crippen LogP contribution in [-0.2, 0) is 14.3 Å². The Morgan fingerprint density at radius 1 is 1.38 bits per heavy atom. The van der Waals surface area contributed by atoms with Crippen LogP contribution in [0.4, 0.5) is 0 Å². The van der Waals surface area contributed by atoms with Crippen molar-refractivity contribution >= 4 is 5.97 Å². The minimum atomic E-state index is -0.414. The van der Waals surface area contributed by atoms with Crippen LogP contribution in [0.5, 0.6) is 0 Å². The predicted molar refractivity (Wildman–Crippen MR) is 51.5 cm³/mol. The first-order chi connectivity index (χ1) is 5.95. The number of methoxy groups -OCH3 is 1. The predicted octanol–water partition coefficient (Wildman–Crippen LogP) is 1.92. The molecule has 0 aliphatic rings. The van der Waals surface area contributed by atoms with Gasteiger partial charge in [0.15, 0.2) is 0 Å². The Bertz CT molecular complexity index is 177. The maximum Gasteiger partial charge on any atom is 0.330 e. The van der Waals surface area contributed by atoms with Gasteiger partial charge in [-0.3, -0.25) is 0 Å². The highest BCUT2D eigenvalue weighted by atomic mass is 16.6. The van der Waals surface area contributed by atoms with Gasteiger partial charge in [0.25, 0.3) is 0 Å². The van der Waals surface area contributed by atoms with Crippen molar-refractivity contribution in [3.8, 4) is 0 Å². The van der Waals surface area contributed by atoms with Crippen LogP contribution < -0.4 is 0 Å². The molecule has 0 N–H and O–H groups in total. The molecule has 0 fully saturated rings. The molecule has 76 valence electrons. The van der Waals surface area contributed by atoms with Crippen LogP contribution in [-0.4, -0.2) is 25.3 Å². The second-order valence-electron chi connectivity index (χ2n) is 3.72. The third-order valence-electron chi connectivity index (χ3n) is 1.15. The summed E-state index contributed by atoms with van der Waals surface area (Å²) in [7, 11) is 1.63. The molecule has 0 radical (unpaired) electrons. The Morgan fingerprint density at radius 2 is 2.00 bits per heavy atom. The molecule has 0 aromatic carbocycles. The molecule has 0 saturated heterocycles. The lowest BCUT2D eigenvalue weighted by Crippen LogP contribution is -2.22. The Kier molecular flexibility index (Phi) is 5.39.